The van der Waals surface area contributed by atoms with E-state index in [0.29, 0.717) is 18.5 Å². The van der Waals surface area contributed by atoms with Crippen molar-refractivity contribution in [3.05, 3.63) is 83.4 Å². The lowest BCUT2D eigenvalue weighted by Crippen LogP contribution is -2.21. The lowest BCUT2D eigenvalue weighted by atomic mass is 9.99. The zero-order valence-corrected chi connectivity index (χ0v) is 15.7. The Morgan fingerprint density at radius 3 is 2.44 bits per heavy atom. The minimum atomic E-state index is -4.35. The van der Waals surface area contributed by atoms with E-state index < -0.39 is 17.1 Å². The van der Waals surface area contributed by atoms with Crippen molar-refractivity contribution in [2.24, 2.45) is 0 Å². The molecule has 2 unspecified atom stereocenters. The Morgan fingerprint density at radius 2 is 1.67 bits per heavy atom. The monoisotopic (exact) mass is 391 g/mol. The molecule has 0 fully saturated rings. The van der Waals surface area contributed by atoms with E-state index in [2.05, 4.69) is 36.5 Å². The fraction of sp³-hybridized carbons (Fsp3) is 0.273. The van der Waals surface area contributed by atoms with E-state index in [1.54, 1.807) is 6.07 Å². The van der Waals surface area contributed by atoms with Crippen LogP contribution in [0.4, 0.5) is 13.2 Å². The zero-order valence-electron chi connectivity index (χ0n) is 14.9. The summed E-state index contributed by atoms with van der Waals surface area (Å²) in [7, 11) is 0. The van der Waals surface area contributed by atoms with Gasteiger partial charge < -0.3 is 5.32 Å². The summed E-state index contributed by atoms with van der Waals surface area (Å²) in [6.45, 7) is 2.68. The lowest BCUT2D eigenvalue weighted by Gasteiger charge is -2.18. The van der Waals surface area contributed by atoms with Crippen molar-refractivity contribution in [1.29, 1.82) is 0 Å². The summed E-state index contributed by atoms with van der Waals surface area (Å²) >= 11 is 6.35. The van der Waals surface area contributed by atoms with E-state index in [1.165, 1.54) is 22.4 Å². The number of alkyl halides is 4. The topological polar surface area (TPSA) is 12.0 Å². The highest BCUT2D eigenvalue weighted by Crippen LogP contribution is 2.33. The Morgan fingerprint density at radius 1 is 0.963 bits per heavy atom. The van der Waals surface area contributed by atoms with Gasteiger partial charge in [0.25, 0.3) is 0 Å². The SMILES string of the molecule is CC(NCCC(Cl)c1cccc(C(F)(F)F)c1)c1cccc2ccccc12. The van der Waals surface area contributed by atoms with Gasteiger partial charge in [0.2, 0.25) is 0 Å². The largest absolute Gasteiger partial charge is 0.416 e. The van der Waals surface area contributed by atoms with Gasteiger partial charge in [-0.2, -0.15) is 13.2 Å². The molecular weight excluding hydrogens is 371 g/mol. The summed E-state index contributed by atoms with van der Waals surface area (Å²) in [6, 6.07) is 19.7. The van der Waals surface area contributed by atoms with Crippen LogP contribution >= 0.6 is 11.6 Å². The summed E-state index contributed by atoms with van der Waals surface area (Å²) in [5, 5.41) is 5.34. The first-order valence-electron chi connectivity index (χ1n) is 8.88. The van der Waals surface area contributed by atoms with Crippen LogP contribution in [-0.2, 0) is 6.18 Å². The third-order valence-electron chi connectivity index (χ3n) is 4.71. The van der Waals surface area contributed by atoms with Gasteiger partial charge in [0.05, 0.1) is 10.9 Å². The second-order valence-corrected chi connectivity index (χ2v) is 7.15. The van der Waals surface area contributed by atoms with Gasteiger partial charge in [-0.15, -0.1) is 11.6 Å². The molecule has 5 heteroatoms. The maximum absolute atomic E-state index is 12.8. The van der Waals surface area contributed by atoms with E-state index in [9.17, 15) is 13.2 Å². The van der Waals surface area contributed by atoms with Crippen molar-refractivity contribution in [3.8, 4) is 0 Å². The minimum Gasteiger partial charge on any atom is -0.310 e. The van der Waals surface area contributed by atoms with Crippen LogP contribution in [0.25, 0.3) is 10.8 Å². The van der Waals surface area contributed by atoms with Crippen molar-refractivity contribution in [2.45, 2.75) is 30.9 Å². The number of halogens is 4. The van der Waals surface area contributed by atoms with Crippen LogP contribution < -0.4 is 5.32 Å². The normalized spacial score (nSPS) is 14.3. The predicted octanol–water partition coefficient (Wildman–Crippen LogP) is 6.88. The van der Waals surface area contributed by atoms with Gasteiger partial charge in [-0.05, 0) is 47.9 Å². The van der Waals surface area contributed by atoms with Gasteiger partial charge in [-0.1, -0.05) is 60.7 Å². The van der Waals surface area contributed by atoms with Gasteiger partial charge >= 0.3 is 6.18 Å². The minimum absolute atomic E-state index is 0.112. The highest BCUT2D eigenvalue weighted by atomic mass is 35.5. The molecule has 142 valence electrons. The van der Waals surface area contributed by atoms with E-state index in [4.69, 9.17) is 11.6 Å². The molecule has 0 bridgehead atoms. The molecule has 0 aliphatic rings. The van der Waals surface area contributed by atoms with E-state index >= 15 is 0 Å². The van der Waals surface area contributed by atoms with Crippen LogP contribution in [-0.4, -0.2) is 6.54 Å². The smallest absolute Gasteiger partial charge is 0.310 e. The Bertz CT molecular complexity index is 902. The average molecular weight is 392 g/mol. The molecule has 0 saturated heterocycles. The molecule has 0 spiro atoms. The molecular formula is C22H21ClF3N. The third kappa shape index (κ3) is 4.82. The van der Waals surface area contributed by atoms with Crippen molar-refractivity contribution >= 4 is 22.4 Å². The van der Waals surface area contributed by atoms with Crippen molar-refractivity contribution in [3.63, 3.8) is 0 Å². The number of rotatable bonds is 6. The van der Waals surface area contributed by atoms with Crippen LogP contribution in [0.3, 0.4) is 0 Å². The molecule has 0 amide bonds. The predicted molar refractivity (Wildman–Crippen MR) is 105 cm³/mol. The fourth-order valence-electron chi connectivity index (χ4n) is 3.24. The number of benzene rings is 3. The highest BCUT2D eigenvalue weighted by Gasteiger charge is 2.30. The Labute approximate surface area is 162 Å². The number of hydrogen-bond acceptors (Lipinski definition) is 1. The summed E-state index contributed by atoms with van der Waals surface area (Å²) in [5.74, 6) is 0. The molecule has 2 atom stereocenters. The number of hydrogen-bond donors (Lipinski definition) is 1. The maximum atomic E-state index is 12.8. The Hall–Kier alpha value is -2.04. The molecule has 1 N–H and O–H groups in total. The van der Waals surface area contributed by atoms with Gasteiger partial charge in [-0.3, -0.25) is 0 Å². The van der Waals surface area contributed by atoms with Crippen LogP contribution in [0.15, 0.2) is 66.7 Å². The van der Waals surface area contributed by atoms with Crippen LogP contribution in [0.2, 0.25) is 0 Å². The summed E-state index contributed by atoms with van der Waals surface area (Å²) < 4.78 is 38.5. The first-order valence-corrected chi connectivity index (χ1v) is 9.32. The van der Waals surface area contributed by atoms with E-state index in [0.717, 1.165) is 12.1 Å². The standard InChI is InChI=1S/C22H21ClF3N/c1-15(19-11-5-7-16-6-2-3-10-20(16)19)27-13-12-21(23)17-8-4-9-18(14-17)22(24,25)26/h2-11,14-15,21,27H,12-13H2,1H3. The molecule has 3 aromatic carbocycles. The molecule has 0 saturated carbocycles. The molecule has 0 heterocycles. The molecule has 0 aromatic heterocycles. The van der Waals surface area contributed by atoms with Gasteiger partial charge in [0.15, 0.2) is 0 Å². The summed E-state index contributed by atoms with van der Waals surface area (Å²) in [5.41, 5.74) is 1.02. The molecule has 1 nitrogen and oxygen atoms in total. The Balaban J connectivity index is 1.62. The van der Waals surface area contributed by atoms with Gasteiger partial charge in [0.1, 0.15) is 0 Å². The molecule has 27 heavy (non-hydrogen) atoms. The molecule has 0 radical (unpaired) electrons. The van der Waals surface area contributed by atoms with Gasteiger partial charge in [-0.25, -0.2) is 0 Å². The van der Waals surface area contributed by atoms with Gasteiger partial charge in [0, 0.05) is 6.04 Å². The molecule has 0 aliphatic carbocycles. The van der Waals surface area contributed by atoms with E-state index in [1.807, 2.05) is 18.2 Å². The fourth-order valence-corrected chi connectivity index (χ4v) is 3.49. The summed E-state index contributed by atoms with van der Waals surface area (Å²) in [4.78, 5) is 0. The first kappa shape index (κ1) is 19.7. The highest BCUT2D eigenvalue weighted by molar-refractivity contribution is 6.20. The number of fused-ring (bicyclic) bond motifs is 1. The second-order valence-electron chi connectivity index (χ2n) is 6.62. The van der Waals surface area contributed by atoms with Crippen molar-refractivity contribution in [2.75, 3.05) is 6.54 Å². The second kappa shape index (κ2) is 8.32. The maximum Gasteiger partial charge on any atom is 0.416 e. The number of nitrogens with one attached hydrogen (secondary N) is 1. The van der Waals surface area contributed by atoms with E-state index in [-0.39, 0.29) is 6.04 Å². The molecule has 0 aliphatic heterocycles. The van der Waals surface area contributed by atoms with Crippen molar-refractivity contribution in [1.82, 2.24) is 5.32 Å². The third-order valence-corrected chi connectivity index (χ3v) is 5.18. The zero-order chi connectivity index (χ0) is 19.4. The van der Waals surface area contributed by atoms with Crippen LogP contribution in [0, 0.1) is 0 Å². The summed E-state index contributed by atoms with van der Waals surface area (Å²) in [6.07, 6.45) is -3.81. The van der Waals surface area contributed by atoms with Crippen LogP contribution in [0.1, 0.15) is 41.5 Å². The Kier molecular flexibility index (Phi) is 6.08. The average Bonchev–Trinajstić information content (AvgIpc) is 2.66. The molecule has 3 rings (SSSR count). The van der Waals surface area contributed by atoms with Crippen LogP contribution in [0.5, 0.6) is 0 Å². The quantitative estimate of drug-likeness (QED) is 0.451. The first-order chi connectivity index (χ1) is 12.9. The van der Waals surface area contributed by atoms with Crippen molar-refractivity contribution < 1.29 is 13.2 Å². The molecule has 3 aromatic rings. The lowest BCUT2D eigenvalue weighted by molar-refractivity contribution is -0.137.